The van der Waals surface area contributed by atoms with Gasteiger partial charge in [0, 0.05) is 37.3 Å². The highest BCUT2D eigenvalue weighted by Crippen LogP contribution is 2.16. The lowest BCUT2D eigenvalue weighted by Gasteiger charge is -2.35. The lowest BCUT2D eigenvalue weighted by molar-refractivity contribution is 0.0535. The zero-order valence-corrected chi connectivity index (χ0v) is 14.9. The zero-order valence-electron chi connectivity index (χ0n) is 14.9. The number of aromatic nitrogens is 1. The summed E-state index contributed by atoms with van der Waals surface area (Å²) in [5, 5.41) is 0. The van der Waals surface area contributed by atoms with Crippen LogP contribution in [0.1, 0.15) is 26.3 Å². The number of H-pyrrole nitrogens is 1. The van der Waals surface area contributed by atoms with E-state index in [1.165, 1.54) is 0 Å². The second-order valence-corrected chi connectivity index (χ2v) is 6.68. The molecule has 0 unspecified atom stereocenters. The number of amides is 2. The van der Waals surface area contributed by atoms with Gasteiger partial charge in [-0.3, -0.25) is 14.6 Å². The summed E-state index contributed by atoms with van der Waals surface area (Å²) in [4.78, 5) is 42.6. The van der Waals surface area contributed by atoms with E-state index in [1.807, 2.05) is 31.2 Å². The van der Waals surface area contributed by atoms with Gasteiger partial charge in [0.1, 0.15) is 0 Å². The van der Waals surface area contributed by atoms with Crippen molar-refractivity contribution in [1.29, 1.82) is 0 Å². The van der Waals surface area contributed by atoms with Gasteiger partial charge in [0.25, 0.3) is 11.8 Å². The molecule has 2 aromatic carbocycles. The number of oxazole rings is 1. The Morgan fingerprint density at radius 1 is 0.926 bits per heavy atom. The Labute approximate surface area is 155 Å². The Balaban J connectivity index is 1.44. The van der Waals surface area contributed by atoms with E-state index in [9.17, 15) is 14.4 Å². The first-order valence-electron chi connectivity index (χ1n) is 8.79. The van der Waals surface area contributed by atoms with E-state index in [4.69, 9.17) is 4.42 Å². The zero-order chi connectivity index (χ0) is 19.0. The van der Waals surface area contributed by atoms with Gasteiger partial charge >= 0.3 is 5.76 Å². The Morgan fingerprint density at radius 3 is 2.19 bits per heavy atom. The van der Waals surface area contributed by atoms with Crippen LogP contribution in [0.25, 0.3) is 11.1 Å². The van der Waals surface area contributed by atoms with Crippen LogP contribution in [0, 0.1) is 6.92 Å². The Kier molecular flexibility index (Phi) is 4.27. The molecule has 0 aliphatic carbocycles. The number of fused-ring (bicyclic) bond motifs is 1. The van der Waals surface area contributed by atoms with Gasteiger partial charge in [-0.05, 0) is 37.3 Å². The van der Waals surface area contributed by atoms with E-state index in [0.717, 1.165) is 5.56 Å². The SMILES string of the molecule is Cc1cccc(C(=O)N2CCN(C(=O)c3ccc4[nH]c(=O)oc4c3)CC2)c1. The molecule has 1 saturated heterocycles. The fraction of sp³-hybridized carbons (Fsp3) is 0.250. The highest BCUT2D eigenvalue weighted by Gasteiger charge is 2.25. The molecule has 0 saturated carbocycles. The van der Waals surface area contributed by atoms with Gasteiger partial charge in [0.05, 0.1) is 5.52 Å². The minimum atomic E-state index is -0.544. The number of aryl methyl sites for hydroxylation is 1. The van der Waals surface area contributed by atoms with Crippen LogP contribution in [0.15, 0.2) is 51.7 Å². The third kappa shape index (κ3) is 3.36. The van der Waals surface area contributed by atoms with E-state index in [0.29, 0.717) is 48.4 Å². The molecule has 7 nitrogen and oxygen atoms in total. The van der Waals surface area contributed by atoms with Gasteiger partial charge in [0.2, 0.25) is 0 Å². The summed E-state index contributed by atoms with van der Waals surface area (Å²) < 4.78 is 5.02. The molecule has 3 aromatic rings. The number of nitrogens with one attached hydrogen (secondary N) is 1. The second kappa shape index (κ2) is 6.75. The van der Waals surface area contributed by atoms with Crippen LogP contribution in [0.4, 0.5) is 0 Å². The predicted molar refractivity (Wildman–Crippen MR) is 99.8 cm³/mol. The third-order valence-electron chi connectivity index (χ3n) is 4.79. The second-order valence-electron chi connectivity index (χ2n) is 6.68. The van der Waals surface area contributed by atoms with Crippen LogP contribution in [-0.2, 0) is 0 Å². The minimum absolute atomic E-state index is 0.0127. The average molecular weight is 365 g/mol. The number of aromatic amines is 1. The van der Waals surface area contributed by atoms with Crippen molar-refractivity contribution in [3.63, 3.8) is 0 Å². The molecule has 0 spiro atoms. The van der Waals surface area contributed by atoms with Crippen LogP contribution in [-0.4, -0.2) is 52.8 Å². The molecular weight excluding hydrogens is 346 g/mol. The predicted octanol–water partition coefficient (Wildman–Crippen LogP) is 2.03. The normalized spacial score (nSPS) is 14.6. The highest BCUT2D eigenvalue weighted by molar-refractivity contribution is 5.97. The number of rotatable bonds is 2. The van der Waals surface area contributed by atoms with Gasteiger partial charge < -0.3 is 14.2 Å². The van der Waals surface area contributed by atoms with Crippen molar-refractivity contribution in [3.05, 3.63) is 69.7 Å². The van der Waals surface area contributed by atoms with Crippen molar-refractivity contribution < 1.29 is 14.0 Å². The van der Waals surface area contributed by atoms with E-state index >= 15 is 0 Å². The number of nitrogens with zero attached hydrogens (tertiary/aromatic N) is 2. The first-order valence-corrected chi connectivity index (χ1v) is 8.79. The van der Waals surface area contributed by atoms with Crippen molar-refractivity contribution in [2.75, 3.05) is 26.2 Å². The van der Waals surface area contributed by atoms with Crippen LogP contribution < -0.4 is 5.76 Å². The molecule has 1 aliphatic rings. The number of hydrogen-bond donors (Lipinski definition) is 1. The van der Waals surface area contributed by atoms with Crippen molar-refractivity contribution in [2.24, 2.45) is 0 Å². The maximum Gasteiger partial charge on any atom is 0.417 e. The molecule has 2 heterocycles. The number of benzene rings is 2. The van der Waals surface area contributed by atoms with Crippen molar-refractivity contribution in [2.45, 2.75) is 6.92 Å². The number of carbonyl (C=O) groups is 2. The molecule has 0 atom stereocenters. The minimum Gasteiger partial charge on any atom is -0.408 e. The quantitative estimate of drug-likeness (QED) is 0.753. The molecular formula is C20H19N3O4. The Bertz CT molecular complexity index is 1070. The largest absolute Gasteiger partial charge is 0.417 e. The fourth-order valence-electron chi connectivity index (χ4n) is 3.33. The van der Waals surface area contributed by atoms with Gasteiger partial charge in [-0.15, -0.1) is 0 Å². The van der Waals surface area contributed by atoms with Gasteiger partial charge in [-0.1, -0.05) is 17.7 Å². The van der Waals surface area contributed by atoms with E-state index in [1.54, 1.807) is 28.0 Å². The summed E-state index contributed by atoms with van der Waals surface area (Å²) in [5.74, 6) is -0.692. The lowest BCUT2D eigenvalue weighted by Crippen LogP contribution is -2.50. The molecule has 0 radical (unpaired) electrons. The smallest absolute Gasteiger partial charge is 0.408 e. The number of carbonyl (C=O) groups excluding carboxylic acids is 2. The molecule has 1 N–H and O–H groups in total. The Morgan fingerprint density at radius 2 is 1.56 bits per heavy atom. The summed E-state index contributed by atoms with van der Waals surface area (Å²) in [6.07, 6.45) is 0. The van der Waals surface area contributed by atoms with Crippen LogP contribution in [0.3, 0.4) is 0 Å². The average Bonchev–Trinajstić information content (AvgIpc) is 3.06. The molecule has 1 aliphatic heterocycles. The fourth-order valence-corrected chi connectivity index (χ4v) is 3.33. The maximum absolute atomic E-state index is 12.7. The van der Waals surface area contributed by atoms with Gasteiger partial charge in [-0.25, -0.2) is 4.79 Å². The number of piperazine rings is 1. The van der Waals surface area contributed by atoms with Gasteiger partial charge in [-0.2, -0.15) is 0 Å². The summed E-state index contributed by atoms with van der Waals surface area (Å²) in [5.41, 5.74) is 3.09. The molecule has 27 heavy (non-hydrogen) atoms. The molecule has 1 aromatic heterocycles. The molecule has 2 amide bonds. The Hall–Kier alpha value is -3.35. The number of hydrogen-bond acceptors (Lipinski definition) is 4. The first kappa shape index (κ1) is 17.1. The third-order valence-corrected chi connectivity index (χ3v) is 4.79. The van der Waals surface area contributed by atoms with Gasteiger partial charge in [0.15, 0.2) is 5.58 Å². The summed E-state index contributed by atoms with van der Waals surface area (Å²) in [6, 6.07) is 12.4. The summed E-state index contributed by atoms with van der Waals surface area (Å²) in [7, 11) is 0. The standard InChI is InChI=1S/C20H19N3O4/c1-13-3-2-4-14(11-13)18(24)22-7-9-23(10-8-22)19(25)15-5-6-16-17(12-15)27-20(26)21-16/h2-6,11-12H,7-10H2,1H3,(H,21,26). The van der Waals surface area contributed by atoms with Crippen LogP contribution >= 0.6 is 0 Å². The molecule has 4 rings (SSSR count). The first-order chi connectivity index (χ1) is 13.0. The van der Waals surface area contributed by atoms with E-state index in [-0.39, 0.29) is 11.8 Å². The summed E-state index contributed by atoms with van der Waals surface area (Å²) >= 11 is 0. The highest BCUT2D eigenvalue weighted by atomic mass is 16.4. The van der Waals surface area contributed by atoms with E-state index < -0.39 is 5.76 Å². The van der Waals surface area contributed by atoms with Crippen LogP contribution in [0.2, 0.25) is 0 Å². The van der Waals surface area contributed by atoms with Crippen molar-refractivity contribution in [1.82, 2.24) is 14.8 Å². The van der Waals surface area contributed by atoms with E-state index in [2.05, 4.69) is 4.98 Å². The summed E-state index contributed by atoms with van der Waals surface area (Å²) in [6.45, 7) is 3.85. The monoisotopic (exact) mass is 365 g/mol. The molecule has 0 bridgehead atoms. The van der Waals surface area contributed by atoms with Crippen molar-refractivity contribution in [3.8, 4) is 0 Å². The molecule has 7 heteroatoms. The lowest BCUT2D eigenvalue weighted by atomic mass is 10.1. The maximum atomic E-state index is 12.7. The van der Waals surface area contributed by atoms with Crippen LogP contribution in [0.5, 0.6) is 0 Å². The molecule has 138 valence electrons. The topological polar surface area (TPSA) is 86.6 Å². The van der Waals surface area contributed by atoms with Crippen molar-refractivity contribution >= 4 is 22.9 Å². The molecule has 1 fully saturated rings.